The van der Waals surface area contributed by atoms with Crippen LogP contribution in [0.25, 0.3) is 0 Å². The Labute approximate surface area is 123 Å². The summed E-state index contributed by atoms with van der Waals surface area (Å²) in [6, 6.07) is 10.9. The number of hydrogen-bond acceptors (Lipinski definition) is 3. The largest absolute Gasteiger partial charge is 0.395 e. The molecule has 0 saturated carbocycles. The lowest BCUT2D eigenvalue weighted by Gasteiger charge is -2.28. The number of aliphatic hydroxyl groups is 1. The normalized spacial score (nSPS) is 20.3. The van der Waals surface area contributed by atoms with Crippen molar-refractivity contribution in [2.24, 2.45) is 0 Å². The highest BCUT2D eigenvalue weighted by Crippen LogP contribution is 2.14. The van der Waals surface area contributed by atoms with E-state index in [4.69, 9.17) is 0 Å². The highest BCUT2D eigenvalue weighted by Gasteiger charge is 2.17. The summed E-state index contributed by atoms with van der Waals surface area (Å²) < 4.78 is 0. The summed E-state index contributed by atoms with van der Waals surface area (Å²) in [7, 11) is 0. The maximum atomic E-state index is 9.63. The number of benzene rings is 1. The number of likely N-dealkylation sites (tertiary alicyclic amines) is 1. The van der Waals surface area contributed by atoms with Crippen LogP contribution in [-0.4, -0.2) is 42.3 Å². The molecule has 1 heterocycles. The van der Waals surface area contributed by atoms with Crippen molar-refractivity contribution in [1.29, 1.82) is 0 Å². The molecule has 0 radical (unpaired) electrons. The van der Waals surface area contributed by atoms with Gasteiger partial charge in [-0.3, -0.25) is 0 Å². The van der Waals surface area contributed by atoms with Gasteiger partial charge in [-0.15, -0.1) is 0 Å². The molecule has 2 N–H and O–H groups in total. The third kappa shape index (κ3) is 4.89. The maximum absolute atomic E-state index is 9.63. The first-order valence-electron chi connectivity index (χ1n) is 7.94. The fraction of sp³-hybridized carbons (Fsp3) is 0.647. The second-order valence-corrected chi connectivity index (χ2v) is 5.89. The van der Waals surface area contributed by atoms with E-state index in [1.54, 1.807) is 0 Å². The van der Waals surface area contributed by atoms with Crippen LogP contribution in [0, 0.1) is 0 Å². The molecule has 112 valence electrons. The molecule has 0 bridgehead atoms. The van der Waals surface area contributed by atoms with E-state index in [-0.39, 0.29) is 18.7 Å². The maximum Gasteiger partial charge on any atom is 0.0597 e. The average Bonchev–Trinajstić information content (AvgIpc) is 2.76. The van der Waals surface area contributed by atoms with E-state index in [2.05, 4.69) is 41.4 Å². The molecule has 3 heteroatoms. The highest BCUT2D eigenvalue weighted by atomic mass is 16.3. The van der Waals surface area contributed by atoms with Crippen molar-refractivity contribution in [3.8, 4) is 0 Å². The Balaban J connectivity index is 1.85. The second-order valence-electron chi connectivity index (χ2n) is 5.89. The minimum absolute atomic E-state index is 0.156. The van der Waals surface area contributed by atoms with E-state index in [9.17, 15) is 5.11 Å². The molecule has 1 aromatic rings. The van der Waals surface area contributed by atoms with Crippen molar-refractivity contribution >= 4 is 0 Å². The van der Waals surface area contributed by atoms with Gasteiger partial charge in [0.05, 0.1) is 6.61 Å². The van der Waals surface area contributed by atoms with E-state index in [0.29, 0.717) is 0 Å². The Morgan fingerprint density at radius 1 is 1.10 bits per heavy atom. The standard InChI is InChI=1S/C17H28N2O/c1-15(16-9-5-4-6-10-16)18-17(14-20)13-19-11-7-2-3-8-12-19/h4-6,9-10,15,17-18,20H,2-3,7-8,11-14H2,1H3/t15-,17+/m0/s1. The molecule has 0 aromatic heterocycles. The van der Waals surface area contributed by atoms with E-state index in [0.717, 1.165) is 6.54 Å². The van der Waals surface area contributed by atoms with Gasteiger partial charge in [-0.05, 0) is 38.4 Å². The number of hydrogen-bond donors (Lipinski definition) is 2. The van der Waals surface area contributed by atoms with E-state index < -0.39 is 0 Å². The summed E-state index contributed by atoms with van der Waals surface area (Å²) in [4.78, 5) is 2.50. The van der Waals surface area contributed by atoms with Crippen LogP contribution >= 0.6 is 0 Å². The van der Waals surface area contributed by atoms with Gasteiger partial charge in [0, 0.05) is 18.6 Å². The van der Waals surface area contributed by atoms with Crippen molar-refractivity contribution in [2.45, 2.75) is 44.7 Å². The Hall–Kier alpha value is -0.900. The number of aliphatic hydroxyl groups excluding tert-OH is 1. The third-order valence-corrected chi connectivity index (χ3v) is 4.18. The monoisotopic (exact) mass is 276 g/mol. The van der Waals surface area contributed by atoms with Crippen LogP contribution in [-0.2, 0) is 0 Å². The van der Waals surface area contributed by atoms with Crippen molar-refractivity contribution in [3.63, 3.8) is 0 Å². The van der Waals surface area contributed by atoms with Crippen LogP contribution in [0.3, 0.4) is 0 Å². The molecule has 1 aliphatic heterocycles. The van der Waals surface area contributed by atoms with Crippen molar-refractivity contribution < 1.29 is 5.11 Å². The van der Waals surface area contributed by atoms with Crippen molar-refractivity contribution in [2.75, 3.05) is 26.2 Å². The van der Waals surface area contributed by atoms with Gasteiger partial charge in [-0.25, -0.2) is 0 Å². The van der Waals surface area contributed by atoms with Gasteiger partial charge in [0.25, 0.3) is 0 Å². The first kappa shape index (κ1) is 15.5. The zero-order chi connectivity index (χ0) is 14.2. The fourth-order valence-corrected chi connectivity index (χ4v) is 2.99. The van der Waals surface area contributed by atoms with Gasteiger partial charge >= 0.3 is 0 Å². The topological polar surface area (TPSA) is 35.5 Å². The predicted octanol–water partition coefficient (Wildman–Crippen LogP) is 2.57. The number of nitrogens with zero attached hydrogens (tertiary/aromatic N) is 1. The lowest BCUT2D eigenvalue weighted by Crippen LogP contribution is -2.44. The molecule has 20 heavy (non-hydrogen) atoms. The zero-order valence-corrected chi connectivity index (χ0v) is 12.6. The molecular formula is C17H28N2O. The molecule has 2 atom stereocenters. The third-order valence-electron chi connectivity index (χ3n) is 4.18. The molecule has 1 aromatic carbocycles. The summed E-state index contributed by atoms with van der Waals surface area (Å²) in [5.74, 6) is 0. The predicted molar refractivity (Wildman–Crippen MR) is 83.8 cm³/mol. The molecular weight excluding hydrogens is 248 g/mol. The van der Waals surface area contributed by atoms with Crippen molar-refractivity contribution in [1.82, 2.24) is 10.2 Å². The number of nitrogens with one attached hydrogen (secondary N) is 1. The highest BCUT2D eigenvalue weighted by molar-refractivity contribution is 5.18. The molecule has 1 aliphatic rings. The van der Waals surface area contributed by atoms with E-state index >= 15 is 0 Å². The summed E-state index contributed by atoms with van der Waals surface area (Å²) in [5, 5.41) is 13.2. The first-order chi connectivity index (χ1) is 9.79. The Morgan fingerprint density at radius 2 is 1.75 bits per heavy atom. The summed E-state index contributed by atoms with van der Waals surface area (Å²) in [5.41, 5.74) is 1.28. The quantitative estimate of drug-likeness (QED) is 0.838. The van der Waals surface area contributed by atoms with Crippen LogP contribution in [0.2, 0.25) is 0 Å². The molecule has 0 unspecified atom stereocenters. The Kier molecular flexibility index (Phi) is 6.51. The van der Waals surface area contributed by atoms with Crippen LogP contribution in [0.5, 0.6) is 0 Å². The van der Waals surface area contributed by atoms with Crippen LogP contribution in [0.4, 0.5) is 0 Å². The second kappa shape index (κ2) is 8.40. The smallest absolute Gasteiger partial charge is 0.0597 e. The minimum Gasteiger partial charge on any atom is -0.395 e. The fourth-order valence-electron chi connectivity index (χ4n) is 2.99. The molecule has 0 spiro atoms. The molecule has 3 nitrogen and oxygen atoms in total. The summed E-state index contributed by atoms with van der Waals surface area (Å²) >= 11 is 0. The SMILES string of the molecule is C[C@H](N[C@@H](CO)CN1CCCCCC1)c1ccccc1. The molecule has 2 rings (SSSR count). The zero-order valence-electron chi connectivity index (χ0n) is 12.6. The molecule has 0 amide bonds. The Bertz CT molecular complexity index is 361. The van der Waals surface area contributed by atoms with Crippen LogP contribution in [0.15, 0.2) is 30.3 Å². The van der Waals surface area contributed by atoms with Crippen LogP contribution < -0.4 is 5.32 Å². The lowest BCUT2D eigenvalue weighted by molar-refractivity contribution is 0.177. The van der Waals surface area contributed by atoms with E-state index in [1.165, 1.54) is 44.3 Å². The van der Waals surface area contributed by atoms with Gasteiger partial charge < -0.3 is 15.3 Å². The average molecular weight is 276 g/mol. The lowest BCUT2D eigenvalue weighted by atomic mass is 10.1. The first-order valence-corrected chi connectivity index (χ1v) is 7.94. The number of rotatable bonds is 6. The summed E-state index contributed by atoms with van der Waals surface area (Å²) in [6.45, 7) is 5.68. The summed E-state index contributed by atoms with van der Waals surface area (Å²) in [6.07, 6.45) is 5.31. The van der Waals surface area contributed by atoms with Gasteiger partial charge in [0.2, 0.25) is 0 Å². The van der Waals surface area contributed by atoms with Gasteiger partial charge in [0.15, 0.2) is 0 Å². The Morgan fingerprint density at radius 3 is 2.35 bits per heavy atom. The van der Waals surface area contributed by atoms with Gasteiger partial charge in [-0.2, -0.15) is 0 Å². The molecule has 0 aliphatic carbocycles. The van der Waals surface area contributed by atoms with Crippen LogP contribution in [0.1, 0.15) is 44.2 Å². The van der Waals surface area contributed by atoms with Crippen molar-refractivity contribution in [3.05, 3.63) is 35.9 Å². The van der Waals surface area contributed by atoms with E-state index in [1.807, 2.05) is 6.07 Å². The van der Waals surface area contributed by atoms with Gasteiger partial charge in [-0.1, -0.05) is 43.2 Å². The molecule has 1 saturated heterocycles. The molecule has 1 fully saturated rings. The minimum atomic E-state index is 0.156. The van der Waals surface area contributed by atoms with Gasteiger partial charge in [0.1, 0.15) is 0 Å².